The third-order valence-corrected chi connectivity index (χ3v) is 4.86. The molecular weight excluding hydrogens is 254 g/mol. The van der Waals surface area contributed by atoms with Crippen molar-refractivity contribution < 1.29 is 9.90 Å². The molecule has 0 aliphatic heterocycles. The number of imidazole rings is 1. The molecule has 2 aliphatic rings. The lowest BCUT2D eigenvalue weighted by Crippen LogP contribution is -2.18. The molecule has 2 saturated carbocycles. The average molecular weight is 277 g/mol. The third kappa shape index (κ3) is 2.87. The van der Waals surface area contributed by atoms with Crippen molar-refractivity contribution in [3.8, 4) is 0 Å². The van der Waals surface area contributed by atoms with E-state index in [0.29, 0.717) is 25.4 Å². The zero-order chi connectivity index (χ0) is 14.1. The van der Waals surface area contributed by atoms with Gasteiger partial charge in [0.2, 0.25) is 0 Å². The van der Waals surface area contributed by atoms with Crippen molar-refractivity contribution in [2.45, 2.75) is 44.6 Å². The third-order valence-electron chi connectivity index (χ3n) is 4.86. The van der Waals surface area contributed by atoms with E-state index in [1.165, 1.54) is 19.3 Å². The standard InChI is InChI=1S/C15H23N3O2/c16-3-1-2-10(15(19)20)5-13-8-18(9-17-13)14-6-11-4-12(11)7-14/h8-12,14H,1-7,16H2,(H,19,20)/t10?,11-,12?,14?/m0/s1. The van der Waals surface area contributed by atoms with Crippen molar-refractivity contribution in [3.05, 3.63) is 18.2 Å². The molecule has 2 aliphatic carbocycles. The molecule has 3 unspecified atom stereocenters. The maximum atomic E-state index is 11.2. The van der Waals surface area contributed by atoms with Gasteiger partial charge in [0.1, 0.15) is 0 Å². The number of rotatable bonds is 7. The molecule has 0 bridgehead atoms. The average Bonchev–Trinajstić information content (AvgIpc) is 2.87. The van der Waals surface area contributed by atoms with E-state index in [4.69, 9.17) is 5.73 Å². The number of fused-ring (bicyclic) bond motifs is 1. The van der Waals surface area contributed by atoms with Gasteiger partial charge in [0.05, 0.1) is 17.9 Å². The fourth-order valence-electron chi connectivity index (χ4n) is 3.54. The van der Waals surface area contributed by atoms with Gasteiger partial charge in [-0.3, -0.25) is 4.79 Å². The molecule has 1 heterocycles. The van der Waals surface area contributed by atoms with E-state index in [2.05, 4.69) is 9.55 Å². The van der Waals surface area contributed by atoms with Crippen LogP contribution in [0.4, 0.5) is 0 Å². The lowest BCUT2D eigenvalue weighted by Gasteiger charge is -2.13. The quantitative estimate of drug-likeness (QED) is 0.796. The fourth-order valence-corrected chi connectivity index (χ4v) is 3.54. The van der Waals surface area contributed by atoms with Gasteiger partial charge in [-0.15, -0.1) is 0 Å². The molecule has 4 atom stereocenters. The van der Waals surface area contributed by atoms with Crippen LogP contribution in [0.5, 0.6) is 0 Å². The highest BCUT2D eigenvalue weighted by Gasteiger charge is 2.46. The summed E-state index contributed by atoms with van der Waals surface area (Å²) in [6.45, 7) is 0.545. The van der Waals surface area contributed by atoms with E-state index >= 15 is 0 Å². The number of hydrogen-bond donors (Lipinski definition) is 2. The Balaban J connectivity index is 1.59. The van der Waals surface area contributed by atoms with E-state index in [0.717, 1.165) is 24.0 Å². The molecule has 0 aromatic carbocycles. The predicted molar refractivity (Wildman–Crippen MR) is 75.2 cm³/mol. The molecule has 0 radical (unpaired) electrons. The first-order valence-corrected chi connectivity index (χ1v) is 7.62. The van der Waals surface area contributed by atoms with Gasteiger partial charge in [-0.2, -0.15) is 0 Å². The summed E-state index contributed by atoms with van der Waals surface area (Å²) < 4.78 is 2.20. The van der Waals surface area contributed by atoms with E-state index in [1.54, 1.807) is 0 Å². The highest BCUT2D eigenvalue weighted by Crippen LogP contribution is 2.55. The molecule has 1 aromatic heterocycles. The Morgan fingerprint density at radius 2 is 2.20 bits per heavy atom. The number of carbonyl (C=O) groups is 1. The Morgan fingerprint density at radius 1 is 1.45 bits per heavy atom. The molecule has 1 aromatic rings. The number of nitrogens with zero attached hydrogens (tertiary/aromatic N) is 2. The number of nitrogens with two attached hydrogens (primary N) is 1. The maximum absolute atomic E-state index is 11.2. The first kappa shape index (κ1) is 13.6. The number of aromatic nitrogens is 2. The van der Waals surface area contributed by atoms with Crippen LogP contribution in [-0.4, -0.2) is 27.2 Å². The number of carboxylic acids is 1. The van der Waals surface area contributed by atoms with Gasteiger partial charge < -0.3 is 15.4 Å². The second kappa shape index (κ2) is 5.56. The molecular formula is C15H23N3O2. The fraction of sp³-hybridized carbons (Fsp3) is 0.733. The van der Waals surface area contributed by atoms with Crippen molar-refractivity contribution in [2.75, 3.05) is 6.54 Å². The molecule has 5 heteroatoms. The number of hydrogen-bond acceptors (Lipinski definition) is 3. The summed E-state index contributed by atoms with van der Waals surface area (Å²) >= 11 is 0. The van der Waals surface area contributed by atoms with Crippen molar-refractivity contribution in [1.29, 1.82) is 0 Å². The maximum Gasteiger partial charge on any atom is 0.306 e. The molecule has 3 N–H and O–H groups in total. The van der Waals surface area contributed by atoms with Crippen LogP contribution in [0.3, 0.4) is 0 Å². The van der Waals surface area contributed by atoms with Crippen molar-refractivity contribution in [2.24, 2.45) is 23.5 Å². The summed E-state index contributed by atoms with van der Waals surface area (Å²) in [6, 6.07) is 0.590. The van der Waals surface area contributed by atoms with Gasteiger partial charge >= 0.3 is 5.97 Å². The van der Waals surface area contributed by atoms with E-state index in [-0.39, 0.29) is 5.92 Å². The van der Waals surface area contributed by atoms with Crippen LogP contribution in [0.15, 0.2) is 12.5 Å². The molecule has 20 heavy (non-hydrogen) atoms. The second-order valence-electron chi connectivity index (χ2n) is 6.36. The zero-order valence-corrected chi connectivity index (χ0v) is 11.7. The first-order valence-electron chi connectivity index (χ1n) is 7.62. The normalized spacial score (nSPS) is 29.1. The van der Waals surface area contributed by atoms with Crippen molar-refractivity contribution in [1.82, 2.24) is 9.55 Å². The van der Waals surface area contributed by atoms with Gasteiger partial charge in [-0.05, 0) is 50.5 Å². The lowest BCUT2D eigenvalue weighted by molar-refractivity contribution is -0.142. The molecule has 2 fully saturated rings. The Bertz CT molecular complexity index is 475. The van der Waals surface area contributed by atoms with Crippen LogP contribution in [0.2, 0.25) is 0 Å². The van der Waals surface area contributed by atoms with Crippen LogP contribution < -0.4 is 5.73 Å². The summed E-state index contributed by atoms with van der Waals surface area (Å²) in [4.78, 5) is 15.6. The van der Waals surface area contributed by atoms with E-state index in [1.807, 2.05) is 12.5 Å². The zero-order valence-electron chi connectivity index (χ0n) is 11.7. The van der Waals surface area contributed by atoms with Gasteiger partial charge in [-0.1, -0.05) is 0 Å². The van der Waals surface area contributed by atoms with Crippen LogP contribution in [0.1, 0.15) is 43.8 Å². The Labute approximate surface area is 119 Å². The molecule has 0 saturated heterocycles. The van der Waals surface area contributed by atoms with E-state index < -0.39 is 5.97 Å². The molecule has 5 nitrogen and oxygen atoms in total. The largest absolute Gasteiger partial charge is 0.481 e. The minimum Gasteiger partial charge on any atom is -0.481 e. The predicted octanol–water partition coefficient (Wildman–Crippen LogP) is 1.84. The summed E-state index contributed by atoms with van der Waals surface area (Å²) in [6.07, 6.45) is 9.79. The van der Waals surface area contributed by atoms with Crippen LogP contribution in [0.25, 0.3) is 0 Å². The Hall–Kier alpha value is -1.36. The summed E-state index contributed by atoms with van der Waals surface area (Å²) in [7, 11) is 0. The van der Waals surface area contributed by atoms with Crippen LogP contribution in [-0.2, 0) is 11.2 Å². The minimum absolute atomic E-state index is 0.362. The van der Waals surface area contributed by atoms with Crippen molar-refractivity contribution in [3.63, 3.8) is 0 Å². The van der Waals surface area contributed by atoms with E-state index in [9.17, 15) is 9.90 Å². The number of carboxylic acid groups (broad SMARTS) is 1. The molecule has 0 spiro atoms. The highest BCUT2D eigenvalue weighted by atomic mass is 16.4. The van der Waals surface area contributed by atoms with Gasteiger partial charge in [-0.25, -0.2) is 4.98 Å². The van der Waals surface area contributed by atoms with Gasteiger partial charge in [0.15, 0.2) is 0 Å². The molecule has 110 valence electrons. The summed E-state index contributed by atoms with van der Waals surface area (Å²) in [5.74, 6) is 0.790. The summed E-state index contributed by atoms with van der Waals surface area (Å²) in [5, 5.41) is 9.24. The second-order valence-corrected chi connectivity index (χ2v) is 6.36. The van der Waals surface area contributed by atoms with Gasteiger partial charge in [0, 0.05) is 18.7 Å². The number of aliphatic carboxylic acids is 1. The molecule has 0 amide bonds. The minimum atomic E-state index is -0.741. The van der Waals surface area contributed by atoms with Crippen molar-refractivity contribution >= 4 is 5.97 Å². The van der Waals surface area contributed by atoms with Gasteiger partial charge in [0.25, 0.3) is 0 Å². The topological polar surface area (TPSA) is 81.1 Å². The Kier molecular flexibility index (Phi) is 3.78. The van der Waals surface area contributed by atoms with Crippen LogP contribution in [0, 0.1) is 17.8 Å². The Morgan fingerprint density at radius 3 is 2.85 bits per heavy atom. The van der Waals surface area contributed by atoms with Crippen LogP contribution >= 0.6 is 0 Å². The summed E-state index contributed by atoms with van der Waals surface area (Å²) in [5.41, 5.74) is 6.36. The smallest absolute Gasteiger partial charge is 0.306 e. The first-order chi connectivity index (χ1) is 9.67. The molecule has 3 rings (SSSR count). The SMILES string of the molecule is NCCCC(Cc1cn(C2CC3C[C@H]3C2)cn1)C(=O)O. The monoisotopic (exact) mass is 277 g/mol. The highest BCUT2D eigenvalue weighted by molar-refractivity contribution is 5.70. The lowest BCUT2D eigenvalue weighted by atomic mass is 9.98.